The van der Waals surface area contributed by atoms with Gasteiger partial charge in [-0.15, -0.1) is 0 Å². The van der Waals surface area contributed by atoms with Gasteiger partial charge in [0.2, 0.25) is 0 Å². The summed E-state index contributed by atoms with van der Waals surface area (Å²) >= 11 is 0. The Kier molecular flexibility index (Phi) is 58.3. The highest BCUT2D eigenvalue weighted by Crippen LogP contribution is 2.16. The van der Waals surface area contributed by atoms with Crippen molar-refractivity contribution in [2.75, 3.05) is 13.2 Å². The summed E-state index contributed by atoms with van der Waals surface area (Å²) < 4.78 is 16.9. The van der Waals surface area contributed by atoms with Crippen molar-refractivity contribution in [2.24, 2.45) is 0 Å². The predicted octanol–water partition coefficient (Wildman–Crippen LogP) is 21.1. The highest BCUT2D eigenvalue weighted by Gasteiger charge is 2.19. The minimum absolute atomic E-state index is 0.0807. The van der Waals surface area contributed by atoms with Gasteiger partial charge in [0.1, 0.15) is 13.2 Å². The number of carbonyl (C=O) groups is 3. The van der Waals surface area contributed by atoms with E-state index in [0.717, 1.165) is 109 Å². The van der Waals surface area contributed by atoms with Crippen molar-refractivity contribution in [3.63, 3.8) is 0 Å². The molecule has 0 N–H and O–H groups in total. The molecule has 0 fully saturated rings. The lowest BCUT2D eigenvalue weighted by Gasteiger charge is -2.18. The maximum atomic E-state index is 12.9. The third-order valence-electron chi connectivity index (χ3n) is 13.4. The molecule has 6 nitrogen and oxygen atoms in total. The topological polar surface area (TPSA) is 78.9 Å². The smallest absolute Gasteiger partial charge is 0.306 e. The van der Waals surface area contributed by atoms with Crippen LogP contribution in [0.15, 0.2) is 85.1 Å². The van der Waals surface area contributed by atoms with Crippen LogP contribution in [0.3, 0.4) is 0 Å². The van der Waals surface area contributed by atoms with Gasteiger partial charge in [0.15, 0.2) is 6.10 Å². The van der Waals surface area contributed by atoms with E-state index in [9.17, 15) is 14.4 Å². The van der Waals surface area contributed by atoms with Crippen LogP contribution in [0.25, 0.3) is 0 Å². The summed E-state index contributed by atoms with van der Waals surface area (Å²) in [4.78, 5) is 38.2. The van der Waals surface area contributed by atoms with E-state index in [-0.39, 0.29) is 31.1 Å². The van der Waals surface area contributed by atoms with E-state index >= 15 is 0 Å². The molecule has 0 spiro atoms. The zero-order valence-corrected chi connectivity index (χ0v) is 48.1. The van der Waals surface area contributed by atoms with Crippen LogP contribution in [0.1, 0.15) is 303 Å². The molecule has 0 aromatic rings. The van der Waals surface area contributed by atoms with E-state index in [2.05, 4.69) is 106 Å². The standard InChI is InChI=1S/C67H116O6/c1-4-7-10-13-16-19-22-24-26-28-29-30-31-32-33-34-35-36-37-39-40-42-45-48-51-54-57-60-66(69)72-63-64(62-71-65(68)59-56-53-50-47-44-21-18-15-12-9-6-3)73-67(70)61-58-55-52-49-46-43-41-38-27-25-23-20-17-14-11-8-5-2/h7,10,15-16,18-19,24,26,29-30,32-33,35-36,64H,4-6,8-9,11-14,17,20-23,25,27-28,31,34,37-63H2,1-3H3/b10-7-,18-15-,19-16-,26-24-,30-29-,33-32-,36-35-. The quantitative estimate of drug-likeness (QED) is 0.0261. The van der Waals surface area contributed by atoms with Gasteiger partial charge in [-0.2, -0.15) is 0 Å². The van der Waals surface area contributed by atoms with Crippen LogP contribution in [0.2, 0.25) is 0 Å². The first-order valence-corrected chi connectivity index (χ1v) is 31.1. The Morgan fingerprint density at radius 1 is 0.288 bits per heavy atom. The van der Waals surface area contributed by atoms with Gasteiger partial charge in [0.05, 0.1) is 0 Å². The Morgan fingerprint density at radius 3 is 0.890 bits per heavy atom. The van der Waals surface area contributed by atoms with E-state index < -0.39 is 6.10 Å². The normalized spacial score (nSPS) is 12.6. The molecule has 0 amide bonds. The SMILES string of the molecule is CC/C=C\C/C=C\C/C=C\C/C=C\C/C=C\C/C=C\CCCCCCCCCCC(=O)OCC(COC(=O)CCCCCCC/C=C\CCCC)OC(=O)CCCCCCCCCCCCCCCCCCC. The van der Waals surface area contributed by atoms with Crippen LogP contribution in [0.5, 0.6) is 0 Å². The lowest BCUT2D eigenvalue weighted by molar-refractivity contribution is -0.167. The molecule has 420 valence electrons. The van der Waals surface area contributed by atoms with Gasteiger partial charge in [-0.05, 0) is 89.9 Å². The zero-order valence-electron chi connectivity index (χ0n) is 48.1. The Morgan fingerprint density at radius 2 is 0.548 bits per heavy atom. The second kappa shape index (κ2) is 61.1. The van der Waals surface area contributed by atoms with Crippen molar-refractivity contribution in [3.8, 4) is 0 Å². The monoisotopic (exact) mass is 1020 g/mol. The summed E-state index contributed by atoms with van der Waals surface area (Å²) in [7, 11) is 0. The van der Waals surface area contributed by atoms with Crippen molar-refractivity contribution in [3.05, 3.63) is 85.1 Å². The number of ether oxygens (including phenoxy) is 3. The van der Waals surface area contributed by atoms with Crippen LogP contribution in [0, 0.1) is 0 Å². The average molecular weight is 1020 g/mol. The van der Waals surface area contributed by atoms with Gasteiger partial charge in [-0.25, -0.2) is 0 Å². The average Bonchev–Trinajstić information content (AvgIpc) is 3.39. The van der Waals surface area contributed by atoms with Crippen LogP contribution in [0.4, 0.5) is 0 Å². The molecule has 0 aromatic heterocycles. The molecule has 0 rings (SSSR count). The Bertz CT molecular complexity index is 1400. The van der Waals surface area contributed by atoms with E-state index in [1.807, 2.05) is 0 Å². The number of rotatable bonds is 56. The molecule has 0 aliphatic heterocycles. The highest BCUT2D eigenvalue weighted by atomic mass is 16.6. The largest absolute Gasteiger partial charge is 0.462 e. The molecule has 0 bridgehead atoms. The lowest BCUT2D eigenvalue weighted by Crippen LogP contribution is -2.30. The molecule has 1 atom stereocenters. The predicted molar refractivity (Wildman–Crippen MR) is 316 cm³/mol. The molecule has 0 saturated carbocycles. The maximum Gasteiger partial charge on any atom is 0.306 e. The Hall–Kier alpha value is -3.41. The zero-order chi connectivity index (χ0) is 52.9. The number of hydrogen-bond acceptors (Lipinski definition) is 6. The summed E-state index contributed by atoms with van der Waals surface area (Å²) in [5.41, 5.74) is 0. The number of esters is 3. The van der Waals surface area contributed by atoms with Crippen LogP contribution in [-0.4, -0.2) is 37.2 Å². The fraction of sp³-hybridized carbons (Fsp3) is 0.746. The fourth-order valence-electron chi connectivity index (χ4n) is 8.72. The van der Waals surface area contributed by atoms with Gasteiger partial charge in [-0.3, -0.25) is 14.4 Å². The van der Waals surface area contributed by atoms with E-state index in [1.165, 1.54) is 154 Å². The van der Waals surface area contributed by atoms with Crippen LogP contribution >= 0.6 is 0 Å². The van der Waals surface area contributed by atoms with Crippen molar-refractivity contribution >= 4 is 17.9 Å². The molecule has 0 radical (unpaired) electrons. The Labute approximate surface area is 452 Å². The molecular formula is C67H116O6. The van der Waals surface area contributed by atoms with E-state index in [4.69, 9.17) is 14.2 Å². The Balaban J connectivity index is 4.28. The molecule has 0 aromatic carbocycles. The van der Waals surface area contributed by atoms with Gasteiger partial charge >= 0.3 is 17.9 Å². The molecule has 1 unspecified atom stereocenters. The van der Waals surface area contributed by atoms with Crippen molar-refractivity contribution < 1.29 is 28.6 Å². The third kappa shape index (κ3) is 59.3. The van der Waals surface area contributed by atoms with Crippen LogP contribution < -0.4 is 0 Å². The van der Waals surface area contributed by atoms with Crippen molar-refractivity contribution in [2.45, 2.75) is 309 Å². The summed E-state index contributed by atoms with van der Waals surface area (Å²) in [5, 5.41) is 0. The molecule has 0 saturated heterocycles. The number of carbonyl (C=O) groups excluding carboxylic acids is 3. The molecule has 0 heterocycles. The molecule has 73 heavy (non-hydrogen) atoms. The van der Waals surface area contributed by atoms with Gasteiger partial charge in [0, 0.05) is 19.3 Å². The van der Waals surface area contributed by atoms with E-state index in [1.54, 1.807) is 0 Å². The van der Waals surface area contributed by atoms with Gasteiger partial charge < -0.3 is 14.2 Å². The summed E-state index contributed by atoms with van der Waals surface area (Å²) in [6.45, 7) is 6.50. The second-order valence-corrected chi connectivity index (χ2v) is 20.6. The summed E-state index contributed by atoms with van der Waals surface area (Å²) in [5.74, 6) is -0.886. The highest BCUT2D eigenvalue weighted by molar-refractivity contribution is 5.71. The minimum Gasteiger partial charge on any atom is -0.462 e. The first-order chi connectivity index (χ1) is 36.0. The first-order valence-electron chi connectivity index (χ1n) is 31.1. The molecule has 0 aliphatic carbocycles. The lowest BCUT2D eigenvalue weighted by atomic mass is 10.0. The number of allylic oxidation sites excluding steroid dienone is 14. The summed E-state index contributed by atoms with van der Waals surface area (Å²) in [6.07, 6.45) is 80.1. The van der Waals surface area contributed by atoms with Gasteiger partial charge in [-0.1, -0.05) is 279 Å². The maximum absolute atomic E-state index is 12.9. The van der Waals surface area contributed by atoms with Crippen molar-refractivity contribution in [1.29, 1.82) is 0 Å². The third-order valence-corrected chi connectivity index (χ3v) is 13.4. The van der Waals surface area contributed by atoms with Gasteiger partial charge in [0.25, 0.3) is 0 Å². The number of unbranched alkanes of at least 4 members (excludes halogenated alkanes) is 31. The summed E-state index contributed by atoms with van der Waals surface area (Å²) in [6, 6.07) is 0. The minimum atomic E-state index is -0.782. The van der Waals surface area contributed by atoms with Crippen LogP contribution in [-0.2, 0) is 28.6 Å². The van der Waals surface area contributed by atoms with E-state index in [0.29, 0.717) is 19.3 Å². The second-order valence-electron chi connectivity index (χ2n) is 20.6. The molecule has 6 heteroatoms. The van der Waals surface area contributed by atoms with Crippen molar-refractivity contribution in [1.82, 2.24) is 0 Å². The fourth-order valence-corrected chi connectivity index (χ4v) is 8.72. The first kappa shape index (κ1) is 69.6. The molecule has 0 aliphatic rings. The number of hydrogen-bond donors (Lipinski definition) is 0. The molecular weight excluding hydrogens is 901 g/mol.